The van der Waals surface area contributed by atoms with Gasteiger partial charge in [0, 0.05) is 9.72 Å². The van der Waals surface area contributed by atoms with Gasteiger partial charge in [-0.3, -0.25) is 4.79 Å². The predicted octanol–water partition coefficient (Wildman–Crippen LogP) is 5.02. The number of carbonyl (C=O) groups is 1. The Hall–Kier alpha value is -1.33. The largest absolute Gasteiger partial charge is 0.324 e. The van der Waals surface area contributed by atoms with Crippen LogP contribution in [-0.4, -0.2) is 11.7 Å². The van der Waals surface area contributed by atoms with Crippen LogP contribution in [0.2, 0.25) is 0 Å². The molecule has 2 rings (SSSR count). The maximum atomic E-state index is 12.9. The fourth-order valence-electron chi connectivity index (χ4n) is 1.78. The van der Waals surface area contributed by atoms with E-state index in [0.29, 0.717) is 5.75 Å². The third-order valence-corrected chi connectivity index (χ3v) is 4.84. The van der Waals surface area contributed by atoms with E-state index < -0.39 is 0 Å². The Labute approximate surface area is 136 Å². The number of amides is 1. The van der Waals surface area contributed by atoms with Crippen molar-refractivity contribution in [3.05, 3.63) is 64.4 Å². The van der Waals surface area contributed by atoms with Crippen molar-refractivity contribution in [1.82, 2.24) is 0 Å². The molecule has 0 saturated carbocycles. The van der Waals surface area contributed by atoms with E-state index in [-0.39, 0.29) is 17.0 Å². The van der Waals surface area contributed by atoms with Crippen molar-refractivity contribution in [1.29, 1.82) is 0 Å². The minimum Gasteiger partial charge on any atom is -0.324 e. The Kier molecular flexibility index (Phi) is 5.82. The quantitative estimate of drug-likeness (QED) is 0.803. The van der Waals surface area contributed by atoms with Crippen molar-refractivity contribution in [2.75, 3.05) is 11.1 Å². The van der Waals surface area contributed by atoms with Gasteiger partial charge < -0.3 is 5.32 Å². The Morgan fingerprint density at radius 2 is 1.90 bits per heavy atom. The highest BCUT2D eigenvalue weighted by Crippen LogP contribution is 2.28. The third kappa shape index (κ3) is 4.86. The van der Waals surface area contributed by atoms with Crippen molar-refractivity contribution in [3.8, 4) is 0 Å². The van der Waals surface area contributed by atoms with Gasteiger partial charge in [0.25, 0.3) is 0 Å². The molecule has 2 aromatic carbocycles. The fraction of sp³-hybridized carbons (Fsp3) is 0.188. The summed E-state index contributed by atoms with van der Waals surface area (Å²) in [6.07, 6.45) is 0. The van der Waals surface area contributed by atoms with Gasteiger partial charge in [0.15, 0.2) is 0 Å². The van der Waals surface area contributed by atoms with Crippen LogP contribution >= 0.6 is 27.7 Å². The number of para-hydroxylation sites is 1. The lowest BCUT2D eigenvalue weighted by molar-refractivity contribution is -0.113. The first-order chi connectivity index (χ1) is 10.1. The molecule has 0 aliphatic carbocycles. The molecule has 21 heavy (non-hydrogen) atoms. The van der Waals surface area contributed by atoms with Crippen LogP contribution in [0.4, 0.5) is 10.1 Å². The second kappa shape index (κ2) is 7.61. The molecule has 0 bridgehead atoms. The van der Waals surface area contributed by atoms with E-state index in [9.17, 15) is 9.18 Å². The van der Waals surface area contributed by atoms with Crippen molar-refractivity contribution >= 4 is 39.3 Å². The Morgan fingerprint density at radius 3 is 2.57 bits per heavy atom. The molecule has 1 amide bonds. The zero-order chi connectivity index (χ0) is 15.2. The molecular weight excluding hydrogens is 353 g/mol. The number of nitrogens with one attached hydrogen (secondary N) is 1. The normalized spacial score (nSPS) is 12.0. The lowest BCUT2D eigenvalue weighted by Crippen LogP contribution is -2.15. The number of hydrogen-bond donors (Lipinski definition) is 1. The van der Waals surface area contributed by atoms with Gasteiger partial charge in [-0.2, -0.15) is 0 Å². The van der Waals surface area contributed by atoms with Gasteiger partial charge in [0.1, 0.15) is 5.82 Å². The van der Waals surface area contributed by atoms with Gasteiger partial charge in [-0.25, -0.2) is 4.39 Å². The first kappa shape index (κ1) is 16.0. The number of hydrogen-bond acceptors (Lipinski definition) is 2. The number of rotatable bonds is 5. The van der Waals surface area contributed by atoms with E-state index in [1.54, 1.807) is 12.1 Å². The summed E-state index contributed by atoms with van der Waals surface area (Å²) in [5, 5.41) is 2.99. The molecule has 2 aromatic rings. The van der Waals surface area contributed by atoms with Gasteiger partial charge in [0.05, 0.1) is 11.4 Å². The van der Waals surface area contributed by atoms with Crippen LogP contribution in [0.3, 0.4) is 0 Å². The van der Waals surface area contributed by atoms with Crippen LogP contribution in [-0.2, 0) is 4.79 Å². The van der Waals surface area contributed by atoms with Crippen LogP contribution < -0.4 is 5.32 Å². The maximum absolute atomic E-state index is 12.9. The third-order valence-electron chi connectivity index (χ3n) is 2.95. The second-order valence-corrected chi connectivity index (χ2v) is 6.72. The molecule has 2 nitrogen and oxygen atoms in total. The minimum absolute atomic E-state index is 0.0548. The SMILES string of the molecule is CC(SCC(=O)Nc1ccccc1Br)c1ccc(F)cc1. The van der Waals surface area contributed by atoms with Crippen LogP contribution in [0.1, 0.15) is 17.7 Å². The molecule has 0 aliphatic rings. The van der Waals surface area contributed by atoms with E-state index in [1.807, 2.05) is 31.2 Å². The van der Waals surface area contributed by atoms with Gasteiger partial charge >= 0.3 is 0 Å². The zero-order valence-corrected chi connectivity index (χ0v) is 13.9. The fourth-order valence-corrected chi connectivity index (χ4v) is 2.99. The van der Waals surface area contributed by atoms with Crippen molar-refractivity contribution < 1.29 is 9.18 Å². The topological polar surface area (TPSA) is 29.1 Å². The van der Waals surface area contributed by atoms with Crippen molar-refractivity contribution in [3.63, 3.8) is 0 Å². The van der Waals surface area contributed by atoms with Gasteiger partial charge in [-0.1, -0.05) is 24.3 Å². The number of thioether (sulfide) groups is 1. The standard InChI is InChI=1S/C16H15BrFNOS/c1-11(12-6-8-13(18)9-7-12)21-10-16(20)19-15-5-3-2-4-14(15)17/h2-9,11H,10H2,1H3,(H,19,20). The highest BCUT2D eigenvalue weighted by molar-refractivity contribution is 9.10. The summed E-state index contributed by atoms with van der Waals surface area (Å²) in [5.41, 5.74) is 1.77. The molecular formula is C16H15BrFNOS. The first-order valence-corrected chi connectivity index (χ1v) is 8.32. The molecule has 0 fully saturated rings. The van der Waals surface area contributed by atoms with Gasteiger partial charge in [-0.15, -0.1) is 11.8 Å². The van der Waals surface area contributed by atoms with Crippen LogP contribution in [0.15, 0.2) is 53.0 Å². The molecule has 0 radical (unpaired) electrons. The molecule has 0 heterocycles. The second-order valence-electron chi connectivity index (χ2n) is 4.53. The predicted molar refractivity (Wildman–Crippen MR) is 90.0 cm³/mol. The Bertz CT molecular complexity index is 618. The van der Waals surface area contributed by atoms with Crippen LogP contribution in [0, 0.1) is 5.82 Å². The van der Waals surface area contributed by atoms with E-state index in [0.717, 1.165) is 15.7 Å². The number of anilines is 1. The van der Waals surface area contributed by atoms with Crippen LogP contribution in [0.5, 0.6) is 0 Å². The first-order valence-electron chi connectivity index (χ1n) is 6.47. The summed E-state index contributed by atoms with van der Waals surface area (Å²) in [5.74, 6) is 0.0448. The summed E-state index contributed by atoms with van der Waals surface area (Å²) >= 11 is 4.91. The van der Waals surface area contributed by atoms with Crippen molar-refractivity contribution in [2.45, 2.75) is 12.2 Å². The highest BCUT2D eigenvalue weighted by Gasteiger charge is 2.10. The summed E-state index contributed by atoms with van der Waals surface area (Å²) < 4.78 is 13.7. The number of benzene rings is 2. The summed E-state index contributed by atoms with van der Waals surface area (Å²) in [7, 11) is 0. The lowest BCUT2D eigenvalue weighted by atomic mass is 10.2. The Morgan fingerprint density at radius 1 is 1.24 bits per heavy atom. The molecule has 1 atom stereocenters. The van der Waals surface area contributed by atoms with Gasteiger partial charge in [-0.05, 0) is 52.7 Å². The van der Waals surface area contributed by atoms with E-state index in [2.05, 4.69) is 21.2 Å². The summed E-state index contributed by atoms with van der Waals surface area (Å²) in [6, 6.07) is 13.9. The zero-order valence-electron chi connectivity index (χ0n) is 11.5. The Balaban J connectivity index is 1.86. The summed E-state index contributed by atoms with van der Waals surface area (Å²) in [6.45, 7) is 2.00. The van der Waals surface area contributed by atoms with Crippen molar-refractivity contribution in [2.24, 2.45) is 0 Å². The monoisotopic (exact) mass is 367 g/mol. The molecule has 1 N–H and O–H groups in total. The van der Waals surface area contributed by atoms with Crippen LogP contribution in [0.25, 0.3) is 0 Å². The molecule has 5 heteroatoms. The number of halogens is 2. The molecule has 1 unspecified atom stereocenters. The number of carbonyl (C=O) groups excluding carboxylic acids is 1. The molecule has 0 saturated heterocycles. The molecule has 0 aromatic heterocycles. The van der Waals surface area contributed by atoms with Gasteiger partial charge in [0.2, 0.25) is 5.91 Å². The lowest BCUT2D eigenvalue weighted by Gasteiger charge is -2.12. The highest BCUT2D eigenvalue weighted by atomic mass is 79.9. The molecule has 110 valence electrons. The van der Waals surface area contributed by atoms with E-state index in [4.69, 9.17) is 0 Å². The average molecular weight is 368 g/mol. The van der Waals surface area contributed by atoms with E-state index in [1.165, 1.54) is 23.9 Å². The minimum atomic E-state index is -0.248. The molecule has 0 spiro atoms. The molecule has 0 aliphatic heterocycles. The van der Waals surface area contributed by atoms with E-state index >= 15 is 0 Å². The smallest absolute Gasteiger partial charge is 0.234 e. The maximum Gasteiger partial charge on any atom is 0.234 e. The average Bonchev–Trinajstić information content (AvgIpc) is 2.48. The summed E-state index contributed by atoms with van der Waals surface area (Å²) in [4.78, 5) is 11.9.